The third kappa shape index (κ3) is 5.82. The molecule has 4 N–H and O–H groups in total. The van der Waals surface area contributed by atoms with Crippen LogP contribution in [0.25, 0.3) is 11.3 Å². The number of β-amino-alcohol motifs (C(OH)–C–C–N with tert-alkyl or cyclic N) is 1. The topological polar surface area (TPSA) is 132 Å². The Morgan fingerprint density at radius 1 is 1.11 bits per heavy atom. The molecule has 1 aromatic carbocycles. The monoisotopic (exact) mass is 516 g/mol. The number of nitrogens with zero attached hydrogens (tertiary/aromatic N) is 3. The van der Waals surface area contributed by atoms with E-state index in [-0.39, 0.29) is 28.9 Å². The van der Waals surface area contributed by atoms with Crippen molar-refractivity contribution in [2.24, 2.45) is 5.92 Å². The van der Waals surface area contributed by atoms with Gasteiger partial charge in [-0.15, -0.1) is 13.2 Å². The number of pyridine rings is 1. The molecule has 13 heteroatoms. The molecule has 5 rings (SSSR count). The number of benzene rings is 1. The number of amides is 2. The molecule has 2 fully saturated rings. The van der Waals surface area contributed by atoms with Crippen LogP contribution in [0.2, 0.25) is 0 Å². The number of hydrogen-bond donors (Lipinski definition) is 4. The van der Waals surface area contributed by atoms with E-state index < -0.39 is 24.1 Å². The number of alkyl halides is 3. The lowest BCUT2D eigenvalue weighted by Crippen LogP contribution is -2.26. The minimum atomic E-state index is -4.83. The lowest BCUT2D eigenvalue weighted by Gasteiger charge is -2.22. The van der Waals surface area contributed by atoms with E-state index in [9.17, 15) is 27.9 Å². The number of aliphatic hydroxyl groups is 1. The number of carbonyl (C=O) groups is 2. The highest BCUT2D eigenvalue weighted by Gasteiger charge is 2.33. The third-order valence-electron chi connectivity index (χ3n) is 6.04. The van der Waals surface area contributed by atoms with Gasteiger partial charge < -0.3 is 25.4 Å². The minimum Gasteiger partial charge on any atom is -0.406 e. The minimum absolute atomic E-state index is 0.0473. The predicted octanol–water partition coefficient (Wildman–Crippen LogP) is 3.54. The smallest absolute Gasteiger partial charge is 0.406 e. The number of hydrogen-bond acceptors (Lipinski definition) is 7. The zero-order valence-corrected chi connectivity index (χ0v) is 19.4. The molecule has 3 heterocycles. The molecule has 0 unspecified atom stereocenters. The van der Waals surface area contributed by atoms with Gasteiger partial charge >= 0.3 is 6.36 Å². The summed E-state index contributed by atoms with van der Waals surface area (Å²) in [5, 5.41) is 22.3. The van der Waals surface area contributed by atoms with Crippen LogP contribution in [-0.2, 0) is 4.79 Å². The zero-order chi connectivity index (χ0) is 26.2. The van der Waals surface area contributed by atoms with Gasteiger partial charge in [0.05, 0.1) is 17.4 Å². The summed E-state index contributed by atoms with van der Waals surface area (Å²) in [6, 6.07) is 7.97. The standard InChI is InChI=1S/C24H23F3N6O4/c25-24(26,27)37-16-5-3-14(4-6-16)29-23(36)18-11-17(19-7-9-28-32-19)21(33-10-8-15(34)12-33)30-20(18)31-22(35)13-1-2-13/h3-7,9,11,13,15,34H,1-2,8,10,12H2,(H,28,32)(H,29,36)(H,30,31,35)/t15-/m1/s1. The summed E-state index contributed by atoms with van der Waals surface area (Å²) < 4.78 is 41.2. The first-order chi connectivity index (χ1) is 17.7. The van der Waals surface area contributed by atoms with Crippen LogP contribution in [0.4, 0.5) is 30.5 Å². The first-order valence-corrected chi connectivity index (χ1v) is 11.6. The van der Waals surface area contributed by atoms with Crippen molar-refractivity contribution in [1.29, 1.82) is 0 Å². The Hall–Kier alpha value is -4.13. The Labute approximate surface area is 208 Å². The maximum atomic E-state index is 13.3. The number of ether oxygens (including phenoxy) is 1. The Bertz CT molecular complexity index is 1290. The second-order valence-electron chi connectivity index (χ2n) is 8.90. The van der Waals surface area contributed by atoms with Gasteiger partial charge in [0.25, 0.3) is 5.91 Å². The molecule has 1 saturated heterocycles. The average molecular weight is 516 g/mol. The highest BCUT2D eigenvalue weighted by Crippen LogP contribution is 2.36. The Morgan fingerprint density at radius 2 is 1.86 bits per heavy atom. The van der Waals surface area contributed by atoms with Crippen LogP contribution in [0.1, 0.15) is 29.6 Å². The van der Waals surface area contributed by atoms with E-state index in [1.807, 2.05) is 4.90 Å². The van der Waals surface area contributed by atoms with Gasteiger partial charge in [-0.05, 0) is 55.7 Å². The SMILES string of the molecule is O=C(Nc1ccc(OC(F)(F)F)cc1)c1cc(-c2ccn[nH]2)c(N2CC[C@@H](O)C2)nc1NC(=O)C1CC1. The van der Waals surface area contributed by atoms with Crippen molar-refractivity contribution in [1.82, 2.24) is 15.2 Å². The second kappa shape index (κ2) is 9.73. The number of nitrogens with one attached hydrogen (secondary N) is 3. The lowest BCUT2D eigenvalue weighted by molar-refractivity contribution is -0.274. The van der Waals surface area contributed by atoms with Crippen molar-refractivity contribution in [2.75, 3.05) is 28.6 Å². The van der Waals surface area contributed by atoms with E-state index in [0.717, 1.165) is 25.0 Å². The molecule has 1 aliphatic carbocycles. The molecule has 37 heavy (non-hydrogen) atoms. The summed E-state index contributed by atoms with van der Waals surface area (Å²) in [5.41, 5.74) is 1.38. The molecule has 0 spiro atoms. The molecule has 3 aromatic rings. The first kappa shape index (κ1) is 24.6. The van der Waals surface area contributed by atoms with Crippen LogP contribution >= 0.6 is 0 Å². The zero-order valence-electron chi connectivity index (χ0n) is 19.4. The summed E-state index contributed by atoms with van der Waals surface area (Å²) in [5.74, 6) is -0.941. The maximum Gasteiger partial charge on any atom is 0.573 e. The fourth-order valence-corrected chi connectivity index (χ4v) is 4.05. The van der Waals surface area contributed by atoms with Crippen molar-refractivity contribution in [2.45, 2.75) is 31.7 Å². The van der Waals surface area contributed by atoms with Crippen LogP contribution in [0.5, 0.6) is 5.75 Å². The van der Waals surface area contributed by atoms with Gasteiger partial charge in [0.2, 0.25) is 5.91 Å². The lowest BCUT2D eigenvalue weighted by atomic mass is 10.1. The highest BCUT2D eigenvalue weighted by molar-refractivity contribution is 6.11. The average Bonchev–Trinajstić information content (AvgIpc) is 3.38. The second-order valence-corrected chi connectivity index (χ2v) is 8.90. The van der Waals surface area contributed by atoms with Crippen LogP contribution in [0.15, 0.2) is 42.6 Å². The molecule has 10 nitrogen and oxygen atoms in total. The molecule has 1 saturated carbocycles. The molecular weight excluding hydrogens is 493 g/mol. The van der Waals surface area contributed by atoms with Crippen LogP contribution in [0, 0.1) is 5.92 Å². The Kier molecular flexibility index (Phi) is 6.46. The molecular formula is C24H23F3N6O4. The fraction of sp³-hybridized carbons (Fsp3) is 0.333. The maximum absolute atomic E-state index is 13.3. The third-order valence-corrected chi connectivity index (χ3v) is 6.04. The quantitative estimate of drug-likeness (QED) is 0.378. The van der Waals surface area contributed by atoms with E-state index in [1.165, 1.54) is 12.1 Å². The largest absolute Gasteiger partial charge is 0.573 e. The number of H-pyrrole nitrogens is 1. The number of aromatic nitrogens is 3. The van der Waals surface area contributed by atoms with Crippen molar-refractivity contribution >= 4 is 29.1 Å². The molecule has 2 amide bonds. The van der Waals surface area contributed by atoms with Crippen molar-refractivity contribution in [3.63, 3.8) is 0 Å². The number of aliphatic hydroxyl groups excluding tert-OH is 1. The molecule has 0 bridgehead atoms. The number of aromatic amines is 1. The summed E-state index contributed by atoms with van der Waals surface area (Å²) in [7, 11) is 0. The van der Waals surface area contributed by atoms with E-state index in [4.69, 9.17) is 0 Å². The number of anilines is 3. The normalized spacial score (nSPS) is 17.5. The van der Waals surface area contributed by atoms with Gasteiger partial charge in [0.1, 0.15) is 17.4 Å². The highest BCUT2D eigenvalue weighted by atomic mass is 19.4. The number of halogens is 3. The molecule has 2 aliphatic rings. The van der Waals surface area contributed by atoms with Gasteiger partial charge in [-0.3, -0.25) is 14.7 Å². The van der Waals surface area contributed by atoms with Gasteiger partial charge in [-0.25, -0.2) is 4.98 Å². The van der Waals surface area contributed by atoms with Crippen molar-refractivity contribution < 1.29 is 32.6 Å². The van der Waals surface area contributed by atoms with Gasteiger partial charge in [0.15, 0.2) is 0 Å². The van der Waals surface area contributed by atoms with Crippen LogP contribution in [-0.4, -0.2) is 57.7 Å². The first-order valence-electron chi connectivity index (χ1n) is 11.6. The van der Waals surface area contributed by atoms with Crippen LogP contribution in [0.3, 0.4) is 0 Å². The summed E-state index contributed by atoms with van der Waals surface area (Å²) in [6.45, 7) is 0.866. The van der Waals surface area contributed by atoms with E-state index in [0.29, 0.717) is 36.6 Å². The number of carbonyl (C=O) groups excluding carboxylic acids is 2. The van der Waals surface area contributed by atoms with E-state index in [2.05, 4.69) is 30.6 Å². The molecule has 194 valence electrons. The van der Waals surface area contributed by atoms with E-state index in [1.54, 1.807) is 18.3 Å². The van der Waals surface area contributed by atoms with E-state index >= 15 is 0 Å². The van der Waals surface area contributed by atoms with Crippen molar-refractivity contribution in [3.05, 3.63) is 48.2 Å². The molecule has 1 atom stereocenters. The fourth-order valence-electron chi connectivity index (χ4n) is 4.05. The van der Waals surface area contributed by atoms with Gasteiger partial charge in [-0.1, -0.05) is 0 Å². The Morgan fingerprint density at radius 3 is 2.46 bits per heavy atom. The molecule has 2 aromatic heterocycles. The molecule has 1 aliphatic heterocycles. The summed E-state index contributed by atoms with van der Waals surface area (Å²) in [6.07, 6.45) is -1.78. The molecule has 0 radical (unpaired) electrons. The predicted molar refractivity (Wildman–Crippen MR) is 127 cm³/mol. The summed E-state index contributed by atoms with van der Waals surface area (Å²) >= 11 is 0. The van der Waals surface area contributed by atoms with Gasteiger partial charge in [0, 0.05) is 36.5 Å². The van der Waals surface area contributed by atoms with Gasteiger partial charge in [-0.2, -0.15) is 5.10 Å². The Balaban J connectivity index is 1.49. The van der Waals surface area contributed by atoms with Crippen molar-refractivity contribution in [3.8, 4) is 17.0 Å². The van der Waals surface area contributed by atoms with Crippen LogP contribution < -0.4 is 20.3 Å². The summed E-state index contributed by atoms with van der Waals surface area (Å²) in [4.78, 5) is 32.4. The number of rotatable bonds is 7.